The normalized spacial score (nSPS) is 13.4. The lowest BCUT2D eigenvalue weighted by atomic mass is 10.1. The Labute approximate surface area is 134 Å². The van der Waals surface area contributed by atoms with Gasteiger partial charge < -0.3 is 5.73 Å². The van der Waals surface area contributed by atoms with E-state index in [1.165, 1.54) is 17.4 Å². The van der Waals surface area contributed by atoms with Gasteiger partial charge in [0.25, 0.3) is 0 Å². The minimum atomic E-state index is -4.35. The lowest BCUT2D eigenvalue weighted by Crippen LogP contribution is -2.07. The molecule has 0 amide bonds. The first-order chi connectivity index (χ1) is 9.81. The minimum Gasteiger partial charge on any atom is -0.323 e. The van der Waals surface area contributed by atoms with Gasteiger partial charge >= 0.3 is 6.18 Å². The Balaban J connectivity index is 2.36. The molecule has 6 heteroatoms. The van der Waals surface area contributed by atoms with E-state index in [-0.39, 0.29) is 6.04 Å². The molecule has 2 rings (SSSR count). The first-order valence-electron chi connectivity index (χ1n) is 6.54. The molecule has 1 aromatic heterocycles. The molecule has 0 aliphatic rings. The molecule has 0 aliphatic heterocycles. The van der Waals surface area contributed by atoms with Crippen molar-refractivity contribution in [3.05, 3.63) is 45.2 Å². The molecule has 0 radical (unpaired) electrons. The number of rotatable bonds is 4. The van der Waals surface area contributed by atoms with Crippen LogP contribution >= 0.6 is 27.3 Å². The monoisotopic (exact) mass is 377 g/mol. The smallest absolute Gasteiger partial charge is 0.323 e. The largest absolute Gasteiger partial charge is 0.416 e. The standard InChI is InChI=1S/C15H15BrF3NS/c1-2-3-12(20)14-5-4-13(21-14)9-6-10(15(17,18)19)8-11(16)7-9/h4-8,12H,2-3,20H2,1H3. The molecule has 0 saturated heterocycles. The molecule has 0 aliphatic carbocycles. The minimum absolute atomic E-state index is 0.0528. The second-order valence-electron chi connectivity index (χ2n) is 4.82. The third-order valence-corrected chi connectivity index (χ3v) is 4.83. The molecule has 2 N–H and O–H groups in total. The molecule has 1 atom stereocenters. The number of nitrogens with two attached hydrogens (primary N) is 1. The average molecular weight is 378 g/mol. The van der Waals surface area contributed by atoms with Crippen LogP contribution in [0.1, 0.15) is 36.2 Å². The molecule has 114 valence electrons. The van der Waals surface area contributed by atoms with E-state index in [2.05, 4.69) is 22.9 Å². The first-order valence-corrected chi connectivity index (χ1v) is 8.15. The maximum atomic E-state index is 12.9. The van der Waals surface area contributed by atoms with Crippen molar-refractivity contribution in [2.75, 3.05) is 0 Å². The van der Waals surface area contributed by atoms with Crippen molar-refractivity contribution in [3.63, 3.8) is 0 Å². The summed E-state index contributed by atoms with van der Waals surface area (Å²) in [5.74, 6) is 0. The summed E-state index contributed by atoms with van der Waals surface area (Å²) in [6.07, 6.45) is -2.51. The van der Waals surface area contributed by atoms with Crippen molar-refractivity contribution in [2.24, 2.45) is 5.73 Å². The van der Waals surface area contributed by atoms with Crippen LogP contribution in [0.4, 0.5) is 13.2 Å². The van der Waals surface area contributed by atoms with Gasteiger partial charge in [-0.25, -0.2) is 0 Å². The number of hydrogen-bond acceptors (Lipinski definition) is 2. The van der Waals surface area contributed by atoms with Gasteiger partial charge in [-0.05, 0) is 42.3 Å². The van der Waals surface area contributed by atoms with E-state index < -0.39 is 11.7 Å². The van der Waals surface area contributed by atoms with Crippen LogP contribution in [0.3, 0.4) is 0 Å². The fourth-order valence-corrected chi connectivity index (χ4v) is 3.58. The van der Waals surface area contributed by atoms with Gasteiger partial charge in [-0.2, -0.15) is 13.2 Å². The van der Waals surface area contributed by atoms with Crippen molar-refractivity contribution in [3.8, 4) is 10.4 Å². The zero-order valence-corrected chi connectivity index (χ0v) is 13.8. The van der Waals surface area contributed by atoms with Crippen LogP contribution in [0.15, 0.2) is 34.8 Å². The lowest BCUT2D eigenvalue weighted by Gasteiger charge is -2.09. The maximum absolute atomic E-state index is 12.9. The molecule has 21 heavy (non-hydrogen) atoms. The zero-order chi connectivity index (χ0) is 15.6. The molecule has 2 aromatic rings. The molecule has 1 heterocycles. The number of thiophene rings is 1. The summed E-state index contributed by atoms with van der Waals surface area (Å²) in [5, 5.41) is 0. The molecule has 0 fully saturated rings. The fourth-order valence-electron chi connectivity index (χ4n) is 2.06. The van der Waals surface area contributed by atoms with E-state index in [4.69, 9.17) is 5.73 Å². The van der Waals surface area contributed by atoms with Crippen LogP contribution < -0.4 is 5.73 Å². The summed E-state index contributed by atoms with van der Waals surface area (Å²) in [6.45, 7) is 2.05. The number of benzene rings is 1. The van der Waals surface area contributed by atoms with Gasteiger partial charge in [0, 0.05) is 20.3 Å². The van der Waals surface area contributed by atoms with Crippen molar-refractivity contribution in [1.29, 1.82) is 0 Å². The van der Waals surface area contributed by atoms with E-state index in [1.54, 1.807) is 6.07 Å². The van der Waals surface area contributed by atoms with Crippen LogP contribution in [0, 0.1) is 0 Å². The molecule has 0 saturated carbocycles. The van der Waals surface area contributed by atoms with E-state index >= 15 is 0 Å². The fraction of sp³-hybridized carbons (Fsp3) is 0.333. The molecule has 1 aromatic carbocycles. The molecule has 1 nitrogen and oxygen atoms in total. The van der Waals surface area contributed by atoms with Crippen LogP contribution in [0.5, 0.6) is 0 Å². The summed E-state index contributed by atoms with van der Waals surface area (Å²) >= 11 is 4.59. The second-order valence-corrected chi connectivity index (χ2v) is 6.85. The highest BCUT2D eigenvalue weighted by molar-refractivity contribution is 9.10. The Morgan fingerprint density at radius 1 is 1.24 bits per heavy atom. The number of halogens is 4. The molecule has 0 bridgehead atoms. The molecular formula is C15H15BrF3NS. The van der Waals surface area contributed by atoms with Crippen LogP contribution in [0.25, 0.3) is 10.4 Å². The number of alkyl halides is 3. The molecule has 1 unspecified atom stereocenters. The van der Waals surface area contributed by atoms with Gasteiger partial charge in [0.15, 0.2) is 0 Å². The van der Waals surface area contributed by atoms with E-state index in [0.717, 1.165) is 28.7 Å². The average Bonchev–Trinajstić information content (AvgIpc) is 2.87. The Morgan fingerprint density at radius 3 is 2.57 bits per heavy atom. The summed E-state index contributed by atoms with van der Waals surface area (Å²) in [6, 6.07) is 7.62. The van der Waals surface area contributed by atoms with Gasteiger partial charge in [0.2, 0.25) is 0 Å². The molecule has 0 spiro atoms. The van der Waals surface area contributed by atoms with Crippen molar-refractivity contribution >= 4 is 27.3 Å². The zero-order valence-electron chi connectivity index (χ0n) is 11.4. The summed E-state index contributed by atoms with van der Waals surface area (Å²) < 4.78 is 39.0. The predicted octanol–water partition coefficient (Wildman–Crippen LogP) is 6.00. The Kier molecular flexibility index (Phi) is 5.11. The van der Waals surface area contributed by atoms with Gasteiger partial charge in [0.1, 0.15) is 0 Å². The van der Waals surface area contributed by atoms with E-state index in [0.29, 0.717) is 10.0 Å². The predicted molar refractivity (Wildman–Crippen MR) is 84.3 cm³/mol. The van der Waals surface area contributed by atoms with Gasteiger partial charge in [0.05, 0.1) is 5.56 Å². The van der Waals surface area contributed by atoms with E-state index in [1.807, 2.05) is 12.1 Å². The highest BCUT2D eigenvalue weighted by Crippen LogP contribution is 2.38. The van der Waals surface area contributed by atoms with Crippen LogP contribution in [-0.4, -0.2) is 0 Å². The Morgan fingerprint density at radius 2 is 1.95 bits per heavy atom. The van der Waals surface area contributed by atoms with Crippen LogP contribution in [-0.2, 0) is 6.18 Å². The van der Waals surface area contributed by atoms with Crippen molar-refractivity contribution in [1.82, 2.24) is 0 Å². The lowest BCUT2D eigenvalue weighted by molar-refractivity contribution is -0.137. The first kappa shape index (κ1) is 16.5. The topological polar surface area (TPSA) is 26.0 Å². The van der Waals surface area contributed by atoms with Gasteiger partial charge in [-0.1, -0.05) is 29.3 Å². The van der Waals surface area contributed by atoms with Crippen molar-refractivity contribution < 1.29 is 13.2 Å². The van der Waals surface area contributed by atoms with E-state index in [9.17, 15) is 13.2 Å². The maximum Gasteiger partial charge on any atom is 0.416 e. The third kappa shape index (κ3) is 4.08. The SMILES string of the molecule is CCCC(N)c1ccc(-c2cc(Br)cc(C(F)(F)F)c2)s1. The Bertz CT molecular complexity index is 622. The number of hydrogen-bond donors (Lipinski definition) is 1. The third-order valence-electron chi connectivity index (χ3n) is 3.10. The molecular weight excluding hydrogens is 363 g/mol. The van der Waals surface area contributed by atoms with Crippen LogP contribution in [0.2, 0.25) is 0 Å². The highest BCUT2D eigenvalue weighted by Gasteiger charge is 2.31. The van der Waals surface area contributed by atoms with Gasteiger partial charge in [-0.3, -0.25) is 0 Å². The Hall–Kier alpha value is -0.850. The second kappa shape index (κ2) is 6.50. The quantitative estimate of drug-likeness (QED) is 0.694. The van der Waals surface area contributed by atoms with Gasteiger partial charge in [-0.15, -0.1) is 11.3 Å². The summed E-state index contributed by atoms with van der Waals surface area (Å²) in [7, 11) is 0. The van der Waals surface area contributed by atoms with Crippen molar-refractivity contribution in [2.45, 2.75) is 32.0 Å². The summed E-state index contributed by atoms with van der Waals surface area (Å²) in [4.78, 5) is 1.80. The summed E-state index contributed by atoms with van der Waals surface area (Å²) in [5.41, 5.74) is 5.95. The highest BCUT2D eigenvalue weighted by atomic mass is 79.9.